The highest BCUT2D eigenvalue weighted by atomic mass is 32.2. The molecule has 1 saturated heterocycles. The summed E-state index contributed by atoms with van der Waals surface area (Å²) in [5.41, 5.74) is 6.48. The molecule has 2 rings (SSSR count). The van der Waals surface area contributed by atoms with E-state index in [-0.39, 0.29) is 17.7 Å². The molecule has 1 aliphatic heterocycles. The van der Waals surface area contributed by atoms with Gasteiger partial charge < -0.3 is 5.73 Å². The number of piperidine rings is 1. The van der Waals surface area contributed by atoms with E-state index in [0.717, 1.165) is 5.56 Å². The third-order valence-corrected chi connectivity index (χ3v) is 6.47. The zero-order valence-electron chi connectivity index (χ0n) is 13.7. The first-order valence-electron chi connectivity index (χ1n) is 7.91. The number of sulfonamides is 1. The summed E-state index contributed by atoms with van der Waals surface area (Å²) in [6, 6.07) is 9.01. The Labute approximate surface area is 138 Å². The summed E-state index contributed by atoms with van der Waals surface area (Å²) in [5, 5.41) is 0. The Bertz CT molecular complexity index is 625. The summed E-state index contributed by atoms with van der Waals surface area (Å²) in [6.07, 6.45) is 1.40. The predicted octanol–water partition coefficient (Wildman–Crippen LogP) is 0.959. The normalized spacial score (nSPS) is 18.9. The first-order valence-corrected chi connectivity index (χ1v) is 9.51. The minimum atomic E-state index is -3.18. The van der Waals surface area contributed by atoms with E-state index in [4.69, 9.17) is 5.73 Å². The summed E-state index contributed by atoms with van der Waals surface area (Å²) in [7, 11) is -1.54. The van der Waals surface area contributed by atoms with E-state index in [2.05, 4.69) is 0 Å². The van der Waals surface area contributed by atoms with E-state index in [1.54, 1.807) is 14.0 Å². The third kappa shape index (κ3) is 4.10. The van der Waals surface area contributed by atoms with E-state index >= 15 is 0 Å². The molecule has 1 heterocycles. The fraction of sp³-hybridized carbons (Fsp3) is 0.562. The Kier molecular flexibility index (Phi) is 5.78. The maximum Gasteiger partial charge on any atom is 0.239 e. The molecular weight excluding hydrogens is 314 g/mol. The maximum absolute atomic E-state index is 12.0. The van der Waals surface area contributed by atoms with E-state index in [0.29, 0.717) is 25.9 Å². The van der Waals surface area contributed by atoms with Crippen LogP contribution in [0.15, 0.2) is 30.3 Å². The molecule has 0 saturated carbocycles. The lowest BCUT2D eigenvalue weighted by molar-refractivity contribution is -0.124. The molecule has 6 nitrogen and oxygen atoms in total. The van der Waals surface area contributed by atoms with E-state index < -0.39 is 16.1 Å². The van der Waals surface area contributed by atoms with Crippen molar-refractivity contribution in [2.45, 2.75) is 31.8 Å². The first-order chi connectivity index (χ1) is 10.9. The molecule has 0 bridgehead atoms. The van der Waals surface area contributed by atoms with Gasteiger partial charge in [0, 0.05) is 26.2 Å². The lowest BCUT2D eigenvalue weighted by Gasteiger charge is -2.39. The van der Waals surface area contributed by atoms with Gasteiger partial charge in [-0.1, -0.05) is 30.3 Å². The standard InChI is InChI=1S/C16H25N3O3S/c1-3-23(21,22)18(2)14-9-11-19(12-10-14)15(16(17)20)13-7-5-4-6-8-13/h4-8,14-15H,3,9-12H2,1-2H3,(H2,17,20). The molecule has 7 heteroatoms. The number of nitrogens with zero attached hydrogens (tertiary/aromatic N) is 2. The molecule has 128 valence electrons. The first kappa shape index (κ1) is 17.9. The van der Waals surface area contributed by atoms with Gasteiger partial charge in [0.05, 0.1) is 5.75 Å². The summed E-state index contributed by atoms with van der Waals surface area (Å²) in [6.45, 7) is 2.95. The number of primary amides is 1. The summed E-state index contributed by atoms with van der Waals surface area (Å²) >= 11 is 0. The fourth-order valence-corrected chi connectivity index (χ4v) is 4.20. The topological polar surface area (TPSA) is 83.7 Å². The predicted molar refractivity (Wildman–Crippen MR) is 90.2 cm³/mol. The maximum atomic E-state index is 12.0. The van der Waals surface area contributed by atoms with Crippen LogP contribution in [0.5, 0.6) is 0 Å². The minimum absolute atomic E-state index is 0.0134. The second-order valence-electron chi connectivity index (χ2n) is 5.90. The molecule has 2 N–H and O–H groups in total. The van der Waals surface area contributed by atoms with Crippen LogP contribution in [0, 0.1) is 0 Å². The van der Waals surface area contributed by atoms with Gasteiger partial charge in [0.1, 0.15) is 6.04 Å². The van der Waals surface area contributed by atoms with Gasteiger partial charge in [-0.05, 0) is 25.3 Å². The molecule has 0 spiro atoms. The average Bonchev–Trinajstić information content (AvgIpc) is 2.55. The molecule has 1 unspecified atom stereocenters. The van der Waals surface area contributed by atoms with E-state index in [1.165, 1.54) is 4.31 Å². The molecule has 1 amide bonds. The van der Waals surface area contributed by atoms with Gasteiger partial charge in [0.15, 0.2) is 0 Å². The second-order valence-corrected chi connectivity index (χ2v) is 8.22. The Morgan fingerprint density at radius 2 is 1.87 bits per heavy atom. The number of hydrogen-bond donors (Lipinski definition) is 1. The van der Waals surface area contributed by atoms with Gasteiger partial charge in [-0.25, -0.2) is 12.7 Å². The SMILES string of the molecule is CCS(=O)(=O)N(C)C1CCN(C(C(N)=O)c2ccccc2)CC1. The monoisotopic (exact) mass is 339 g/mol. The van der Waals surface area contributed by atoms with Gasteiger partial charge in [0.25, 0.3) is 0 Å². The number of carbonyl (C=O) groups is 1. The highest BCUT2D eigenvalue weighted by Gasteiger charge is 2.33. The van der Waals surface area contributed by atoms with Crippen LogP contribution in [-0.4, -0.2) is 55.5 Å². The van der Waals surface area contributed by atoms with Gasteiger partial charge in [-0.15, -0.1) is 0 Å². The Morgan fingerprint density at radius 1 is 1.30 bits per heavy atom. The zero-order chi connectivity index (χ0) is 17.0. The largest absolute Gasteiger partial charge is 0.368 e. The van der Waals surface area contributed by atoms with Crippen LogP contribution < -0.4 is 5.73 Å². The van der Waals surface area contributed by atoms with Crippen LogP contribution >= 0.6 is 0 Å². The van der Waals surface area contributed by atoms with Crippen molar-refractivity contribution >= 4 is 15.9 Å². The highest BCUT2D eigenvalue weighted by Crippen LogP contribution is 2.26. The molecule has 1 aromatic rings. The number of amides is 1. The smallest absolute Gasteiger partial charge is 0.239 e. The molecule has 0 aromatic heterocycles. The Balaban J connectivity index is 2.07. The molecule has 23 heavy (non-hydrogen) atoms. The third-order valence-electron chi connectivity index (χ3n) is 4.57. The molecule has 1 aromatic carbocycles. The van der Waals surface area contributed by atoms with Crippen molar-refractivity contribution in [1.29, 1.82) is 0 Å². The summed E-state index contributed by atoms with van der Waals surface area (Å²) in [4.78, 5) is 13.9. The minimum Gasteiger partial charge on any atom is -0.368 e. The quantitative estimate of drug-likeness (QED) is 0.837. The lowest BCUT2D eigenvalue weighted by Crippen LogP contribution is -2.48. The van der Waals surface area contributed by atoms with Crippen molar-refractivity contribution in [2.75, 3.05) is 25.9 Å². The van der Waals surface area contributed by atoms with Crippen LogP contribution in [-0.2, 0) is 14.8 Å². The summed E-state index contributed by atoms with van der Waals surface area (Å²) in [5.74, 6) is -0.262. The molecule has 1 aliphatic rings. The van der Waals surface area contributed by atoms with E-state index in [1.807, 2.05) is 35.2 Å². The highest BCUT2D eigenvalue weighted by molar-refractivity contribution is 7.89. The number of benzene rings is 1. The number of rotatable bonds is 6. The van der Waals surface area contributed by atoms with Crippen molar-refractivity contribution in [3.63, 3.8) is 0 Å². The number of nitrogens with two attached hydrogens (primary N) is 1. The molecule has 0 radical (unpaired) electrons. The summed E-state index contributed by atoms with van der Waals surface area (Å²) < 4.78 is 25.4. The van der Waals surface area contributed by atoms with Crippen molar-refractivity contribution in [1.82, 2.24) is 9.21 Å². The van der Waals surface area contributed by atoms with Crippen molar-refractivity contribution in [3.8, 4) is 0 Å². The van der Waals surface area contributed by atoms with Gasteiger partial charge in [0.2, 0.25) is 15.9 Å². The molecule has 0 aliphatic carbocycles. The van der Waals surface area contributed by atoms with Crippen LogP contribution in [0.2, 0.25) is 0 Å². The van der Waals surface area contributed by atoms with E-state index in [9.17, 15) is 13.2 Å². The Morgan fingerprint density at radius 3 is 2.35 bits per heavy atom. The van der Waals surface area contributed by atoms with Crippen molar-refractivity contribution < 1.29 is 13.2 Å². The van der Waals surface area contributed by atoms with Crippen molar-refractivity contribution in [2.24, 2.45) is 5.73 Å². The molecule has 1 atom stereocenters. The number of likely N-dealkylation sites (tertiary alicyclic amines) is 1. The van der Waals surface area contributed by atoms with Crippen LogP contribution in [0.4, 0.5) is 0 Å². The van der Waals surface area contributed by atoms with Crippen LogP contribution in [0.25, 0.3) is 0 Å². The zero-order valence-corrected chi connectivity index (χ0v) is 14.5. The second kappa shape index (κ2) is 7.42. The van der Waals surface area contributed by atoms with Gasteiger partial charge in [-0.3, -0.25) is 9.69 Å². The Hall–Kier alpha value is -1.44. The average molecular weight is 339 g/mol. The molecule has 1 fully saturated rings. The number of hydrogen-bond acceptors (Lipinski definition) is 4. The number of carbonyl (C=O) groups excluding carboxylic acids is 1. The van der Waals surface area contributed by atoms with Crippen LogP contribution in [0.3, 0.4) is 0 Å². The van der Waals surface area contributed by atoms with Gasteiger partial charge >= 0.3 is 0 Å². The van der Waals surface area contributed by atoms with Gasteiger partial charge in [-0.2, -0.15) is 0 Å². The molecular formula is C16H25N3O3S. The van der Waals surface area contributed by atoms with Crippen LogP contribution in [0.1, 0.15) is 31.4 Å². The van der Waals surface area contributed by atoms with Crippen molar-refractivity contribution in [3.05, 3.63) is 35.9 Å². The fourth-order valence-electron chi connectivity index (χ4n) is 3.13. The lowest BCUT2D eigenvalue weighted by atomic mass is 9.99.